The van der Waals surface area contributed by atoms with Gasteiger partial charge in [0.2, 0.25) is 5.82 Å². The molecule has 0 N–H and O–H groups in total. The van der Waals surface area contributed by atoms with Gasteiger partial charge in [-0.3, -0.25) is 4.79 Å². The summed E-state index contributed by atoms with van der Waals surface area (Å²) in [6.07, 6.45) is 0. The molecule has 0 bridgehead atoms. The minimum atomic E-state index is -3.27. The topological polar surface area (TPSA) is 34.1 Å². The van der Waals surface area contributed by atoms with E-state index in [4.69, 9.17) is 0 Å². The lowest BCUT2D eigenvalue weighted by Crippen LogP contribution is -2.20. The number of carbonyl (C=O) groups is 1. The van der Waals surface area contributed by atoms with Crippen molar-refractivity contribution in [3.8, 4) is 10.4 Å². The van der Waals surface area contributed by atoms with Gasteiger partial charge < -0.3 is 4.57 Å². The average molecular weight is 526 g/mol. The molecule has 178 valence electrons. The first-order valence-corrected chi connectivity index (χ1v) is 13.2. The number of fused-ring (bicyclic) bond motifs is 5. The molecule has 4 aromatic carbocycles. The minimum Gasteiger partial charge on any atom is -0.309 e. The van der Waals surface area contributed by atoms with E-state index in [9.17, 15) is 31.3 Å². The van der Waals surface area contributed by atoms with Gasteiger partial charge in [-0.2, -0.15) is 0 Å². The maximum atomic E-state index is 14.7. The molecule has 0 radical (unpaired) electrons. The Balaban J connectivity index is 1.57. The van der Waals surface area contributed by atoms with Crippen LogP contribution >= 0.6 is 18.5 Å². The highest BCUT2D eigenvalue weighted by Gasteiger charge is 2.43. The first-order valence-electron chi connectivity index (χ1n) is 10.6. The molecule has 9 heteroatoms. The summed E-state index contributed by atoms with van der Waals surface area (Å²) in [4.78, 5) is 13.6. The summed E-state index contributed by atoms with van der Waals surface area (Å²) in [5.74, 6) is -12.4. The number of hydrogen-bond acceptors (Lipinski definition) is 3. The Morgan fingerprint density at radius 3 is 2.03 bits per heavy atom. The number of hydrogen-bond donors (Lipinski definition) is 0. The van der Waals surface area contributed by atoms with Crippen molar-refractivity contribution in [2.24, 2.45) is 0 Å². The van der Waals surface area contributed by atoms with Gasteiger partial charge in [0.15, 0.2) is 36.2 Å². The van der Waals surface area contributed by atoms with E-state index in [0.29, 0.717) is 26.0 Å². The van der Waals surface area contributed by atoms with Crippen LogP contribution in [0.2, 0.25) is 0 Å². The molecule has 1 aromatic heterocycles. The lowest BCUT2D eigenvalue weighted by molar-refractivity contribution is 0.102. The highest BCUT2D eigenvalue weighted by Crippen LogP contribution is 2.56. The Kier molecular flexibility index (Phi) is 5.04. The molecule has 0 fully saturated rings. The number of benzene rings is 4. The van der Waals surface area contributed by atoms with Crippen molar-refractivity contribution >= 4 is 50.3 Å². The molecular weight excluding hydrogens is 514 g/mol. The quantitative estimate of drug-likeness (QED) is 0.0874. The molecule has 1 atom stereocenters. The van der Waals surface area contributed by atoms with Gasteiger partial charge in [-0.1, -0.05) is 66.7 Å². The molecule has 36 heavy (non-hydrogen) atoms. The van der Waals surface area contributed by atoms with Gasteiger partial charge in [0.1, 0.15) is 5.56 Å². The maximum absolute atomic E-state index is 14.7. The van der Waals surface area contributed by atoms with E-state index in [2.05, 4.69) is 0 Å². The van der Waals surface area contributed by atoms with Crippen LogP contribution in [0.1, 0.15) is 15.9 Å². The lowest BCUT2D eigenvalue weighted by atomic mass is 10.0. The molecule has 0 unspecified atom stereocenters. The van der Waals surface area contributed by atoms with E-state index in [1.165, 1.54) is 29.5 Å². The summed E-state index contributed by atoms with van der Waals surface area (Å²) in [7, 11) is -3.27. The number of halogens is 5. The molecule has 0 spiro atoms. The monoisotopic (exact) mass is 526 g/mol. The largest absolute Gasteiger partial charge is 0.309 e. The second-order valence-corrected chi connectivity index (χ2v) is 11.9. The van der Waals surface area contributed by atoms with E-state index in [1.54, 1.807) is 24.3 Å². The van der Waals surface area contributed by atoms with Crippen molar-refractivity contribution < 1.29 is 31.3 Å². The SMILES string of the molecule is O=C(c1ccc2c3c(sc2c1)-c1ccccc1[P@@]3(=O)c1ccccc1)c1c(F)c(F)c(F)c(F)c1F. The molecule has 0 saturated heterocycles. The van der Waals surface area contributed by atoms with Gasteiger partial charge in [-0.25, -0.2) is 22.0 Å². The Morgan fingerprint density at radius 1 is 0.722 bits per heavy atom. The number of rotatable bonds is 3. The molecule has 1 aliphatic heterocycles. The van der Waals surface area contributed by atoms with Crippen LogP contribution in [0.25, 0.3) is 20.5 Å². The van der Waals surface area contributed by atoms with Crippen molar-refractivity contribution in [3.63, 3.8) is 0 Å². The standard InChI is InChI=1S/C27H12F5O2PS/c28-20-19(21(29)23(31)24(32)22(20)30)25(33)13-10-11-16-18(12-13)36-27-15-8-4-5-9-17(15)35(34,26(16)27)14-6-2-1-3-7-14/h1-12H/t35-/m0/s1. The Morgan fingerprint density at radius 2 is 1.33 bits per heavy atom. The highest BCUT2D eigenvalue weighted by atomic mass is 32.1. The van der Waals surface area contributed by atoms with E-state index in [0.717, 1.165) is 10.4 Å². The minimum absolute atomic E-state index is 0.256. The second-order valence-electron chi connectivity index (χ2n) is 8.23. The average Bonchev–Trinajstić information content (AvgIpc) is 3.41. The van der Waals surface area contributed by atoms with Gasteiger partial charge >= 0.3 is 0 Å². The molecule has 2 nitrogen and oxygen atoms in total. The zero-order valence-electron chi connectivity index (χ0n) is 18.0. The van der Waals surface area contributed by atoms with Crippen LogP contribution in [0, 0.1) is 29.1 Å². The van der Waals surface area contributed by atoms with Crippen LogP contribution < -0.4 is 15.9 Å². The fourth-order valence-corrected chi connectivity index (χ4v) is 9.62. The van der Waals surface area contributed by atoms with Crippen molar-refractivity contribution in [2.45, 2.75) is 0 Å². The second kappa shape index (κ2) is 7.95. The zero-order valence-corrected chi connectivity index (χ0v) is 19.7. The number of thiophene rings is 1. The predicted molar refractivity (Wildman–Crippen MR) is 130 cm³/mol. The Labute approximate surface area is 205 Å². The summed E-state index contributed by atoms with van der Waals surface area (Å²) < 4.78 is 84.5. The van der Waals surface area contributed by atoms with Crippen LogP contribution in [-0.4, -0.2) is 5.78 Å². The molecule has 1 aliphatic rings. The summed E-state index contributed by atoms with van der Waals surface area (Å²) in [6.45, 7) is 0. The summed E-state index contributed by atoms with van der Waals surface area (Å²) in [5.41, 5.74) is -0.989. The molecule has 0 amide bonds. The number of carbonyl (C=O) groups excluding carboxylic acids is 1. The fourth-order valence-electron chi connectivity index (χ4n) is 4.63. The summed E-state index contributed by atoms with van der Waals surface area (Å²) in [6, 6.07) is 20.4. The molecule has 0 aliphatic carbocycles. The smallest absolute Gasteiger partial charge is 0.200 e. The summed E-state index contributed by atoms with van der Waals surface area (Å²) >= 11 is 1.25. The highest BCUT2D eigenvalue weighted by molar-refractivity contribution is 7.87. The molecule has 6 rings (SSSR count). The van der Waals surface area contributed by atoms with Crippen LogP contribution in [0.5, 0.6) is 0 Å². The molecule has 2 heterocycles. The third-order valence-electron chi connectivity index (χ3n) is 6.29. The summed E-state index contributed by atoms with van der Waals surface area (Å²) in [5, 5.41) is 2.52. The van der Waals surface area contributed by atoms with Crippen LogP contribution in [-0.2, 0) is 4.57 Å². The van der Waals surface area contributed by atoms with Crippen LogP contribution in [0.15, 0.2) is 72.8 Å². The van der Waals surface area contributed by atoms with Crippen molar-refractivity contribution in [1.82, 2.24) is 0 Å². The van der Waals surface area contributed by atoms with E-state index in [1.807, 2.05) is 30.3 Å². The van der Waals surface area contributed by atoms with Gasteiger partial charge in [0.05, 0.1) is 0 Å². The molecule has 0 saturated carbocycles. The predicted octanol–water partition coefficient (Wildman–Crippen LogP) is 6.45. The normalized spacial score (nSPS) is 16.2. The zero-order chi connectivity index (χ0) is 25.4. The Hall–Kier alpha value is -3.61. The van der Waals surface area contributed by atoms with Gasteiger partial charge in [-0.05, 0) is 6.07 Å². The van der Waals surface area contributed by atoms with Gasteiger partial charge in [0.25, 0.3) is 0 Å². The van der Waals surface area contributed by atoms with Crippen molar-refractivity contribution in [3.05, 3.63) is 113 Å². The van der Waals surface area contributed by atoms with E-state index in [-0.39, 0.29) is 5.56 Å². The Bertz CT molecular complexity index is 1770. The number of ketones is 1. The van der Waals surface area contributed by atoms with Crippen LogP contribution in [0.4, 0.5) is 22.0 Å². The third-order valence-corrected chi connectivity index (χ3v) is 10.8. The van der Waals surface area contributed by atoms with E-state index < -0.39 is 47.6 Å². The fraction of sp³-hybridized carbons (Fsp3) is 0. The maximum Gasteiger partial charge on any atom is 0.200 e. The van der Waals surface area contributed by atoms with Gasteiger partial charge in [-0.15, -0.1) is 11.3 Å². The van der Waals surface area contributed by atoms with Crippen molar-refractivity contribution in [1.29, 1.82) is 0 Å². The molecule has 5 aromatic rings. The van der Waals surface area contributed by atoms with E-state index >= 15 is 0 Å². The first-order chi connectivity index (χ1) is 17.2. The lowest BCUT2D eigenvalue weighted by Gasteiger charge is -2.16. The van der Waals surface area contributed by atoms with Crippen LogP contribution in [0.3, 0.4) is 0 Å². The van der Waals surface area contributed by atoms with Gasteiger partial charge in [0, 0.05) is 42.0 Å². The third kappa shape index (κ3) is 2.95. The molecular formula is C27H12F5O2PS. The first kappa shape index (κ1) is 22.8. The van der Waals surface area contributed by atoms with Crippen molar-refractivity contribution in [2.75, 3.05) is 0 Å².